The first kappa shape index (κ1) is 8.73. The molecule has 1 heterocycles. The molecule has 1 aliphatic heterocycles. The molecule has 1 fully saturated rings. The van der Waals surface area contributed by atoms with Crippen LogP contribution in [-0.4, -0.2) is 11.7 Å². The van der Waals surface area contributed by atoms with Crippen LogP contribution in [0, 0.1) is 0 Å². The van der Waals surface area contributed by atoms with Crippen molar-refractivity contribution in [2.24, 2.45) is 0 Å². The van der Waals surface area contributed by atoms with Crippen molar-refractivity contribution in [3.05, 3.63) is 35.4 Å². The second kappa shape index (κ2) is 3.90. The highest BCUT2D eigenvalue weighted by Gasteiger charge is 2.17. The Bertz CT molecular complexity index is 279. The lowest BCUT2D eigenvalue weighted by Gasteiger charge is -2.14. The quantitative estimate of drug-likeness (QED) is 0.719. The molecule has 1 aromatic carbocycles. The second-order valence-corrected chi connectivity index (χ2v) is 3.51. The molecule has 0 saturated carbocycles. The van der Waals surface area contributed by atoms with E-state index in [0.29, 0.717) is 6.04 Å². The molecule has 2 rings (SSSR count). The van der Waals surface area contributed by atoms with Crippen LogP contribution in [0.1, 0.15) is 30.0 Å². The molecular weight excluding hydrogens is 162 g/mol. The van der Waals surface area contributed by atoms with E-state index in [2.05, 4.69) is 11.4 Å². The molecule has 13 heavy (non-hydrogen) atoms. The Hall–Kier alpha value is -0.860. The standard InChI is InChI=1S/C11H15NO/c13-8-9-4-1-2-5-10(9)11-6-3-7-12-11/h1-2,4-5,11-13H,3,6-8H2/t11-/m0/s1. The van der Waals surface area contributed by atoms with Crippen LogP contribution in [0.2, 0.25) is 0 Å². The summed E-state index contributed by atoms with van der Waals surface area (Å²) < 4.78 is 0. The number of rotatable bonds is 2. The zero-order valence-corrected chi connectivity index (χ0v) is 7.66. The lowest BCUT2D eigenvalue weighted by molar-refractivity contribution is 0.279. The highest BCUT2D eigenvalue weighted by Crippen LogP contribution is 2.25. The fourth-order valence-corrected chi connectivity index (χ4v) is 1.97. The molecular formula is C11H15NO. The maximum atomic E-state index is 9.15. The van der Waals surface area contributed by atoms with Crippen molar-refractivity contribution in [2.45, 2.75) is 25.5 Å². The van der Waals surface area contributed by atoms with Gasteiger partial charge in [-0.1, -0.05) is 24.3 Å². The monoisotopic (exact) mass is 177 g/mol. The Morgan fingerprint density at radius 3 is 2.92 bits per heavy atom. The molecule has 1 saturated heterocycles. The molecule has 1 atom stereocenters. The van der Waals surface area contributed by atoms with Gasteiger partial charge in [-0.2, -0.15) is 0 Å². The fraction of sp³-hybridized carbons (Fsp3) is 0.455. The number of nitrogens with one attached hydrogen (secondary N) is 1. The van der Waals surface area contributed by atoms with Crippen molar-refractivity contribution in [3.8, 4) is 0 Å². The molecule has 2 N–H and O–H groups in total. The van der Waals surface area contributed by atoms with Crippen molar-refractivity contribution in [3.63, 3.8) is 0 Å². The zero-order valence-electron chi connectivity index (χ0n) is 7.66. The molecule has 0 bridgehead atoms. The van der Waals surface area contributed by atoms with Crippen LogP contribution in [-0.2, 0) is 6.61 Å². The molecule has 0 unspecified atom stereocenters. The minimum absolute atomic E-state index is 0.147. The number of aliphatic hydroxyl groups excluding tert-OH is 1. The molecule has 70 valence electrons. The van der Waals surface area contributed by atoms with Gasteiger partial charge in [-0.15, -0.1) is 0 Å². The fourth-order valence-electron chi connectivity index (χ4n) is 1.97. The Labute approximate surface area is 78.6 Å². The first-order chi connectivity index (χ1) is 6.42. The summed E-state index contributed by atoms with van der Waals surface area (Å²) in [7, 11) is 0. The van der Waals surface area contributed by atoms with Gasteiger partial charge in [0.05, 0.1) is 6.61 Å². The van der Waals surface area contributed by atoms with Crippen LogP contribution in [0.15, 0.2) is 24.3 Å². The summed E-state index contributed by atoms with van der Waals surface area (Å²) in [5, 5.41) is 12.6. The highest BCUT2D eigenvalue weighted by atomic mass is 16.3. The summed E-state index contributed by atoms with van der Waals surface area (Å²) in [6.45, 7) is 1.25. The first-order valence-corrected chi connectivity index (χ1v) is 4.84. The predicted octanol–water partition coefficient (Wildman–Crippen LogP) is 1.60. The maximum absolute atomic E-state index is 9.15. The van der Waals surface area contributed by atoms with Gasteiger partial charge >= 0.3 is 0 Å². The summed E-state index contributed by atoms with van der Waals surface area (Å²) in [5.74, 6) is 0. The largest absolute Gasteiger partial charge is 0.392 e. The number of benzene rings is 1. The Morgan fingerprint density at radius 1 is 1.38 bits per heavy atom. The Morgan fingerprint density at radius 2 is 2.23 bits per heavy atom. The molecule has 0 aliphatic carbocycles. The number of hydrogen-bond donors (Lipinski definition) is 2. The third-order valence-corrected chi connectivity index (χ3v) is 2.66. The van der Waals surface area contributed by atoms with E-state index in [1.54, 1.807) is 0 Å². The average molecular weight is 177 g/mol. The summed E-state index contributed by atoms with van der Waals surface area (Å²) in [5.41, 5.74) is 2.32. The lowest BCUT2D eigenvalue weighted by atomic mass is 10.00. The van der Waals surface area contributed by atoms with E-state index in [0.717, 1.165) is 12.1 Å². The summed E-state index contributed by atoms with van der Waals surface area (Å²) in [6.07, 6.45) is 2.43. The van der Waals surface area contributed by atoms with E-state index in [9.17, 15) is 0 Å². The van der Waals surface area contributed by atoms with Crippen LogP contribution >= 0.6 is 0 Å². The summed E-state index contributed by atoms with van der Waals surface area (Å²) in [6, 6.07) is 8.57. The normalized spacial score (nSPS) is 22.1. The van der Waals surface area contributed by atoms with Crippen molar-refractivity contribution in [2.75, 3.05) is 6.54 Å². The first-order valence-electron chi connectivity index (χ1n) is 4.84. The van der Waals surface area contributed by atoms with E-state index < -0.39 is 0 Å². The van der Waals surface area contributed by atoms with Gasteiger partial charge in [-0.25, -0.2) is 0 Å². The van der Waals surface area contributed by atoms with Crippen LogP contribution in [0.5, 0.6) is 0 Å². The van der Waals surface area contributed by atoms with Gasteiger partial charge in [0.25, 0.3) is 0 Å². The van der Waals surface area contributed by atoms with Gasteiger partial charge in [0.15, 0.2) is 0 Å². The minimum Gasteiger partial charge on any atom is -0.392 e. The van der Waals surface area contributed by atoms with Crippen molar-refractivity contribution in [1.29, 1.82) is 0 Å². The SMILES string of the molecule is OCc1ccccc1[C@@H]1CCCN1. The Kier molecular flexibility index (Phi) is 2.62. The molecule has 0 spiro atoms. The smallest absolute Gasteiger partial charge is 0.0685 e. The van der Waals surface area contributed by atoms with Gasteiger partial charge in [0, 0.05) is 6.04 Å². The Balaban J connectivity index is 2.26. The topological polar surface area (TPSA) is 32.3 Å². The third-order valence-electron chi connectivity index (χ3n) is 2.66. The maximum Gasteiger partial charge on any atom is 0.0685 e. The summed E-state index contributed by atoms with van der Waals surface area (Å²) >= 11 is 0. The highest BCUT2D eigenvalue weighted by molar-refractivity contribution is 5.29. The average Bonchev–Trinajstić information content (AvgIpc) is 2.70. The van der Waals surface area contributed by atoms with Gasteiger partial charge in [-0.05, 0) is 30.5 Å². The zero-order chi connectivity index (χ0) is 9.10. The van der Waals surface area contributed by atoms with E-state index in [-0.39, 0.29) is 6.61 Å². The lowest BCUT2D eigenvalue weighted by Crippen LogP contribution is -2.14. The van der Waals surface area contributed by atoms with Crippen LogP contribution in [0.4, 0.5) is 0 Å². The predicted molar refractivity (Wildman–Crippen MR) is 52.3 cm³/mol. The van der Waals surface area contributed by atoms with Crippen molar-refractivity contribution >= 4 is 0 Å². The van der Waals surface area contributed by atoms with Gasteiger partial charge in [0.1, 0.15) is 0 Å². The third kappa shape index (κ3) is 1.74. The summed E-state index contributed by atoms with van der Waals surface area (Å²) in [4.78, 5) is 0. The van der Waals surface area contributed by atoms with Crippen LogP contribution in [0.3, 0.4) is 0 Å². The number of aliphatic hydroxyl groups is 1. The van der Waals surface area contributed by atoms with Crippen LogP contribution < -0.4 is 5.32 Å². The van der Waals surface area contributed by atoms with Crippen molar-refractivity contribution in [1.82, 2.24) is 5.32 Å². The van der Waals surface area contributed by atoms with E-state index in [1.807, 2.05) is 18.2 Å². The molecule has 1 aliphatic rings. The number of hydrogen-bond acceptors (Lipinski definition) is 2. The van der Waals surface area contributed by atoms with Gasteiger partial charge < -0.3 is 10.4 Å². The van der Waals surface area contributed by atoms with Gasteiger partial charge in [-0.3, -0.25) is 0 Å². The van der Waals surface area contributed by atoms with E-state index in [1.165, 1.54) is 18.4 Å². The van der Waals surface area contributed by atoms with E-state index >= 15 is 0 Å². The van der Waals surface area contributed by atoms with Crippen LogP contribution in [0.25, 0.3) is 0 Å². The molecule has 1 aromatic rings. The second-order valence-electron chi connectivity index (χ2n) is 3.51. The molecule has 0 radical (unpaired) electrons. The van der Waals surface area contributed by atoms with Gasteiger partial charge in [0.2, 0.25) is 0 Å². The molecule has 2 nitrogen and oxygen atoms in total. The molecule has 0 amide bonds. The van der Waals surface area contributed by atoms with Crippen molar-refractivity contribution < 1.29 is 5.11 Å². The molecule has 2 heteroatoms. The minimum atomic E-state index is 0.147. The molecule has 0 aromatic heterocycles. The van der Waals surface area contributed by atoms with E-state index in [4.69, 9.17) is 5.11 Å².